The highest BCUT2D eigenvalue weighted by molar-refractivity contribution is 7.10. The molecule has 0 aromatic carbocycles. The fraction of sp³-hybridized carbons (Fsp3) is 0.357. The van der Waals surface area contributed by atoms with E-state index in [-0.39, 0.29) is 5.91 Å². The van der Waals surface area contributed by atoms with Gasteiger partial charge in [-0.1, -0.05) is 0 Å². The lowest BCUT2D eigenvalue weighted by Crippen LogP contribution is -2.44. The smallest absolute Gasteiger partial charge is 0.276 e. The van der Waals surface area contributed by atoms with Crippen LogP contribution in [0, 0.1) is 6.92 Å². The standard InChI is InChI=1S/C14H17N5OS/c1-10-8-11(9-21-10)16-14(20)12-2-3-13(18-17-12)19-6-4-15-5-7-19/h2-3,8-9,15H,4-7H2,1H3,(H,16,20). The van der Waals surface area contributed by atoms with Crippen LogP contribution in [0.15, 0.2) is 23.6 Å². The molecule has 0 saturated carbocycles. The van der Waals surface area contributed by atoms with E-state index in [1.165, 1.54) is 0 Å². The van der Waals surface area contributed by atoms with Crippen molar-refractivity contribution in [3.05, 3.63) is 34.2 Å². The monoisotopic (exact) mass is 303 g/mol. The zero-order chi connectivity index (χ0) is 14.7. The average molecular weight is 303 g/mol. The Morgan fingerprint density at radius 3 is 2.76 bits per heavy atom. The molecule has 3 heterocycles. The lowest BCUT2D eigenvalue weighted by atomic mass is 10.3. The van der Waals surface area contributed by atoms with Crippen LogP contribution in [0.2, 0.25) is 0 Å². The lowest BCUT2D eigenvalue weighted by Gasteiger charge is -2.27. The minimum atomic E-state index is -0.229. The second kappa shape index (κ2) is 6.19. The zero-order valence-electron chi connectivity index (χ0n) is 11.8. The van der Waals surface area contributed by atoms with E-state index in [1.54, 1.807) is 17.4 Å². The number of amides is 1. The number of hydrogen-bond acceptors (Lipinski definition) is 6. The third kappa shape index (κ3) is 3.37. The van der Waals surface area contributed by atoms with Crippen molar-refractivity contribution in [3.8, 4) is 0 Å². The molecule has 2 aromatic heterocycles. The van der Waals surface area contributed by atoms with Gasteiger partial charge in [-0.15, -0.1) is 21.5 Å². The summed E-state index contributed by atoms with van der Waals surface area (Å²) in [7, 11) is 0. The molecule has 6 nitrogen and oxygen atoms in total. The largest absolute Gasteiger partial charge is 0.353 e. The number of carbonyl (C=O) groups is 1. The molecule has 0 atom stereocenters. The first kappa shape index (κ1) is 14.0. The van der Waals surface area contributed by atoms with E-state index in [0.717, 1.165) is 42.6 Å². The van der Waals surface area contributed by atoms with Crippen molar-refractivity contribution in [3.63, 3.8) is 0 Å². The molecule has 1 saturated heterocycles. The van der Waals surface area contributed by atoms with Crippen molar-refractivity contribution >= 4 is 28.7 Å². The van der Waals surface area contributed by atoms with Crippen molar-refractivity contribution in [1.29, 1.82) is 0 Å². The quantitative estimate of drug-likeness (QED) is 0.899. The first-order chi connectivity index (χ1) is 10.2. The summed E-state index contributed by atoms with van der Waals surface area (Å²) in [5.41, 5.74) is 1.13. The van der Waals surface area contributed by atoms with Crippen LogP contribution >= 0.6 is 11.3 Å². The maximum atomic E-state index is 12.1. The molecule has 0 aliphatic carbocycles. The minimum absolute atomic E-state index is 0.229. The van der Waals surface area contributed by atoms with E-state index in [4.69, 9.17) is 0 Å². The molecule has 1 amide bonds. The lowest BCUT2D eigenvalue weighted by molar-refractivity contribution is 0.102. The fourth-order valence-corrected chi connectivity index (χ4v) is 2.85. The highest BCUT2D eigenvalue weighted by atomic mass is 32.1. The predicted octanol–water partition coefficient (Wildman–Crippen LogP) is 1.51. The molecule has 1 fully saturated rings. The SMILES string of the molecule is Cc1cc(NC(=O)c2ccc(N3CCNCC3)nn2)cs1. The van der Waals surface area contributed by atoms with Gasteiger partial charge in [0.25, 0.3) is 5.91 Å². The number of rotatable bonds is 3. The van der Waals surface area contributed by atoms with Gasteiger partial charge < -0.3 is 15.5 Å². The Labute approximate surface area is 127 Å². The summed E-state index contributed by atoms with van der Waals surface area (Å²) >= 11 is 1.60. The van der Waals surface area contributed by atoms with Crippen LogP contribution in [0.4, 0.5) is 11.5 Å². The summed E-state index contributed by atoms with van der Waals surface area (Å²) in [6.07, 6.45) is 0. The van der Waals surface area contributed by atoms with Gasteiger partial charge in [-0.05, 0) is 25.1 Å². The molecule has 0 bridgehead atoms. The fourth-order valence-electron chi connectivity index (χ4n) is 2.21. The second-order valence-corrected chi connectivity index (χ2v) is 6.03. The van der Waals surface area contributed by atoms with E-state index in [1.807, 2.05) is 24.4 Å². The molecule has 1 aliphatic heterocycles. The molecule has 1 aliphatic rings. The first-order valence-electron chi connectivity index (χ1n) is 6.88. The summed E-state index contributed by atoms with van der Waals surface area (Å²) in [4.78, 5) is 15.4. The van der Waals surface area contributed by atoms with Gasteiger partial charge in [0, 0.05) is 36.4 Å². The van der Waals surface area contributed by atoms with E-state index in [9.17, 15) is 4.79 Å². The van der Waals surface area contributed by atoms with Crippen LogP contribution < -0.4 is 15.5 Å². The number of aryl methyl sites for hydroxylation is 1. The number of carbonyl (C=O) groups excluding carboxylic acids is 1. The van der Waals surface area contributed by atoms with Gasteiger partial charge in [0.05, 0.1) is 5.69 Å². The Morgan fingerprint density at radius 1 is 1.33 bits per heavy atom. The Bertz CT molecular complexity index is 619. The van der Waals surface area contributed by atoms with Crippen molar-refractivity contribution in [1.82, 2.24) is 15.5 Å². The van der Waals surface area contributed by atoms with Gasteiger partial charge in [0.1, 0.15) is 0 Å². The molecular weight excluding hydrogens is 286 g/mol. The Kier molecular flexibility index (Phi) is 4.12. The van der Waals surface area contributed by atoms with Crippen LogP contribution in [0.1, 0.15) is 15.4 Å². The molecule has 0 unspecified atom stereocenters. The molecule has 3 rings (SSSR count). The molecule has 110 valence electrons. The Balaban J connectivity index is 1.67. The molecule has 21 heavy (non-hydrogen) atoms. The Hall–Kier alpha value is -1.99. The first-order valence-corrected chi connectivity index (χ1v) is 7.76. The van der Waals surface area contributed by atoms with E-state index in [2.05, 4.69) is 25.7 Å². The molecule has 2 N–H and O–H groups in total. The summed E-state index contributed by atoms with van der Waals surface area (Å²) in [5, 5.41) is 16.2. The maximum Gasteiger partial charge on any atom is 0.276 e. The normalized spacial score (nSPS) is 15.0. The van der Waals surface area contributed by atoms with Crippen LogP contribution in [0.5, 0.6) is 0 Å². The summed E-state index contributed by atoms with van der Waals surface area (Å²) < 4.78 is 0. The Morgan fingerprint density at radius 2 is 2.14 bits per heavy atom. The van der Waals surface area contributed by atoms with Crippen LogP contribution in [0.25, 0.3) is 0 Å². The molecule has 7 heteroatoms. The molecular formula is C14H17N5OS. The zero-order valence-corrected chi connectivity index (χ0v) is 12.6. The van der Waals surface area contributed by atoms with Gasteiger partial charge in [-0.3, -0.25) is 4.79 Å². The average Bonchev–Trinajstić information content (AvgIpc) is 2.93. The van der Waals surface area contributed by atoms with Gasteiger partial charge in [0.15, 0.2) is 11.5 Å². The summed E-state index contributed by atoms with van der Waals surface area (Å²) in [5.74, 6) is 0.589. The number of thiophene rings is 1. The van der Waals surface area contributed by atoms with Gasteiger partial charge in [-0.2, -0.15) is 0 Å². The number of nitrogens with zero attached hydrogens (tertiary/aromatic N) is 3. The van der Waals surface area contributed by atoms with Gasteiger partial charge in [-0.25, -0.2) is 0 Å². The predicted molar refractivity (Wildman–Crippen MR) is 84.1 cm³/mol. The van der Waals surface area contributed by atoms with Crippen LogP contribution in [0.3, 0.4) is 0 Å². The number of piperazine rings is 1. The van der Waals surface area contributed by atoms with Crippen LogP contribution in [-0.4, -0.2) is 42.3 Å². The summed E-state index contributed by atoms with van der Waals surface area (Å²) in [6, 6.07) is 5.51. The highest BCUT2D eigenvalue weighted by Gasteiger charge is 2.14. The van der Waals surface area contributed by atoms with Crippen LogP contribution in [-0.2, 0) is 0 Å². The van der Waals surface area contributed by atoms with E-state index < -0.39 is 0 Å². The maximum absolute atomic E-state index is 12.1. The van der Waals surface area contributed by atoms with Crippen molar-refractivity contribution in [2.75, 3.05) is 36.4 Å². The number of anilines is 2. The molecule has 2 aromatic rings. The molecule has 0 spiro atoms. The topological polar surface area (TPSA) is 70.2 Å². The van der Waals surface area contributed by atoms with Crippen molar-refractivity contribution < 1.29 is 4.79 Å². The van der Waals surface area contributed by atoms with E-state index >= 15 is 0 Å². The third-order valence-corrected chi connectivity index (χ3v) is 4.17. The van der Waals surface area contributed by atoms with Crippen molar-refractivity contribution in [2.24, 2.45) is 0 Å². The van der Waals surface area contributed by atoms with Gasteiger partial charge in [0.2, 0.25) is 0 Å². The second-order valence-electron chi connectivity index (χ2n) is 4.91. The van der Waals surface area contributed by atoms with E-state index in [0.29, 0.717) is 5.69 Å². The number of aromatic nitrogens is 2. The van der Waals surface area contributed by atoms with Crippen molar-refractivity contribution in [2.45, 2.75) is 6.92 Å². The minimum Gasteiger partial charge on any atom is -0.353 e. The third-order valence-electron chi connectivity index (χ3n) is 3.31. The molecule has 0 radical (unpaired) electrons. The number of hydrogen-bond donors (Lipinski definition) is 2. The van der Waals surface area contributed by atoms with Gasteiger partial charge >= 0.3 is 0 Å². The highest BCUT2D eigenvalue weighted by Crippen LogP contribution is 2.18. The summed E-state index contributed by atoms with van der Waals surface area (Å²) in [6.45, 7) is 5.72. The number of nitrogens with one attached hydrogen (secondary N) is 2.